The number of carboxylic acid groups (broad SMARTS) is 1. The van der Waals surface area contributed by atoms with Crippen LogP contribution in [-0.2, 0) is 19.6 Å². The zero-order valence-electron chi connectivity index (χ0n) is 16.1. The van der Waals surface area contributed by atoms with E-state index in [1.54, 1.807) is 19.1 Å². The molecule has 0 saturated carbocycles. The highest BCUT2D eigenvalue weighted by molar-refractivity contribution is 7.89. The van der Waals surface area contributed by atoms with Crippen LogP contribution in [-0.4, -0.2) is 48.8 Å². The molecule has 0 radical (unpaired) electrons. The van der Waals surface area contributed by atoms with Crippen LogP contribution in [0.15, 0.2) is 23.1 Å². The SMILES string of the molecule is CCCC(NC(=O)C1CCN(S(=O)(=O)c2ccc(C)cc2C)CC1)C(=O)O. The first kappa shape index (κ1) is 21.4. The number of carbonyl (C=O) groups is 2. The Morgan fingerprint density at radius 1 is 1.26 bits per heavy atom. The second-order valence-corrected chi connectivity index (χ2v) is 9.04. The number of piperidine rings is 1. The second kappa shape index (κ2) is 8.84. The van der Waals surface area contributed by atoms with Gasteiger partial charge in [0.1, 0.15) is 6.04 Å². The molecule has 150 valence electrons. The summed E-state index contributed by atoms with van der Waals surface area (Å²) < 4.78 is 27.2. The zero-order valence-corrected chi connectivity index (χ0v) is 16.9. The van der Waals surface area contributed by atoms with Crippen molar-refractivity contribution in [3.63, 3.8) is 0 Å². The molecule has 0 aliphatic carbocycles. The highest BCUT2D eigenvalue weighted by Crippen LogP contribution is 2.26. The Kier molecular flexibility index (Phi) is 7.00. The van der Waals surface area contributed by atoms with Gasteiger partial charge in [-0.2, -0.15) is 4.31 Å². The summed E-state index contributed by atoms with van der Waals surface area (Å²) in [6.07, 6.45) is 1.80. The maximum absolute atomic E-state index is 12.9. The molecule has 2 N–H and O–H groups in total. The van der Waals surface area contributed by atoms with E-state index in [0.29, 0.717) is 36.1 Å². The van der Waals surface area contributed by atoms with Crippen molar-refractivity contribution < 1.29 is 23.1 Å². The molecule has 1 heterocycles. The molecule has 1 fully saturated rings. The number of aryl methyl sites for hydroxylation is 2. The minimum absolute atomic E-state index is 0.249. The molecule has 1 aromatic carbocycles. The van der Waals surface area contributed by atoms with Crippen molar-refractivity contribution >= 4 is 21.9 Å². The second-order valence-electron chi connectivity index (χ2n) is 7.14. The van der Waals surface area contributed by atoms with Crippen molar-refractivity contribution in [2.45, 2.75) is 57.4 Å². The van der Waals surface area contributed by atoms with Crippen molar-refractivity contribution in [2.24, 2.45) is 5.92 Å². The number of benzene rings is 1. The number of nitrogens with zero attached hydrogens (tertiary/aromatic N) is 1. The smallest absolute Gasteiger partial charge is 0.326 e. The summed E-state index contributed by atoms with van der Waals surface area (Å²) in [4.78, 5) is 23.9. The van der Waals surface area contributed by atoms with Crippen molar-refractivity contribution in [1.82, 2.24) is 9.62 Å². The molecule has 2 rings (SSSR count). The van der Waals surface area contributed by atoms with Gasteiger partial charge in [-0.3, -0.25) is 4.79 Å². The van der Waals surface area contributed by atoms with E-state index in [9.17, 15) is 18.0 Å². The van der Waals surface area contributed by atoms with E-state index in [2.05, 4.69) is 5.32 Å². The number of hydrogen-bond donors (Lipinski definition) is 2. The van der Waals surface area contributed by atoms with Gasteiger partial charge in [0, 0.05) is 19.0 Å². The van der Waals surface area contributed by atoms with Gasteiger partial charge < -0.3 is 10.4 Å². The molecule has 1 saturated heterocycles. The summed E-state index contributed by atoms with van der Waals surface area (Å²) >= 11 is 0. The first-order valence-electron chi connectivity index (χ1n) is 9.27. The standard InChI is InChI=1S/C19H28N2O5S/c1-4-5-16(19(23)24)20-18(22)15-8-10-21(11-9-15)27(25,26)17-7-6-13(2)12-14(17)3/h6-7,12,15-16H,4-5,8-11H2,1-3H3,(H,20,22)(H,23,24). The Labute approximate surface area is 160 Å². The summed E-state index contributed by atoms with van der Waals surface area (Å²) in [6, 6.07) is 4.35. The van der Waals surface area contributed by atoms with E-state index in [1.165, 1.54) is 4.31 Å². The maximum atomic E-state index is 12.9. The van der Waals surface area contributed by atoms with Crippen molar-refractivity contribution in [3.05, 3.63) is 29.3 Å². The van der Waals surface area contributed by atoms with Gasteiger partial charge in [-0.25, -0.2) is 13.2 Å². The Balaban J connectivity index is 2.01. The molecule has 8 heteroatoms. The van der Waals surface area contributed by atoms with Gasteiger partial charge in [-0.15, -0.1) is 0 Å². The Morgan fingerprint density at radius 3 is 2.41 bits per heavy atom. The minimum Gasteiger partial charge on any atom is -0.480 e. The van der Waals surface area contributed by atoms with Gasteiger partial charge in [-0.05, 0) is 44.7 Å². The summed E-state index contributed by atoms with van der Waals surface area (Å²) in [6.45, 7) is 6.05. The van der Waals surface area contributed by atoms with Crippen LogP contribution in [0.5, 0.6) is 0 Å². The molecule has 1 aliphatic rings. The molecular weight excluding hydrogens is 368 g/mol. The van der Waals surface area contributed by atoms with Gasteiger partial charge in [0.25, 0.3) is 0 Å². The molecule has 27 heavy (non-hydrogen) atoms. The first-order chi connectivity index (χ1) is 12.7. The number of aliphatic carboxylic acids is 1. The zero-order chi connectivity index (χ0) is 20.2. The van der Waals surface area contributed by atoms with Crippen molar-refractivity contribution in [2.75, 3.05) is 13.1 Å². The first-order valence-corrected chi connectivity index (χ1v) is 10.7. The number of nitrogens with one attached hydrogen (secondary N) is 1. The molecule has 1 unspecified atom stereocenters. The number of carbonyl (C=O) groups excluding carboxylic acids is 1. The average molecular weight is 397 g/mol. The molecular formula is C19H28N2O5S. The summed E-state index contributed by atoms with van der Waals surface area (Å²) in [5, 5.41) is 11.8. The van der Waals surface area contributed by atoms with E-state index in [1.807, 2.05) is 19.9 Å². The van der Waals surface area contributed by atoms with E-state index in [0.717, 1.165) is 5.56 Å². The molecule has 0 aromatic heterocycles. The summed E-state index contributed by atoms with van der Waals surface area (Å²) in [5.41, 5.74) is 1.71. The van der Waals surface area contributed by atoms with E-state index < -0.39 is 22.0 Å². The Morgan fingerprint density at radius 2 is 1.89 bits per heavy atom. The largest absolute Gasteiger partial charge is 0.480 e. The topological polar surface area (TPSA) is 104 Å². The summed E-state index contributed by atoms with van der Waals surface area (Å²) in [7, 11) is -3.60. The van der Waals surface area contributed by atoms with Crippen LogP contribution in [0.3, 0.4) is 0 Å². The molecule has 1 amide bonds. The Hall–Kier alpha value is -1.93. The van der Waals surface area contributed by atoms with Crippen LogP contribution >= 0.6 is 0 Å². The van der Waals surface area contributed by atoms with Crippen LogP contribution in [0.25, 0.3) is 0 Å². The molecule has 1 aliphatic heterocycles. The average Bonchev–Trinajstić information content (AvgIpc) is 2.61. The summed E-state index contributed by atoms with van der Waals surface area (Å²) in [5.74, 6) is -1.71. The molecule has 0 spiro atoms. The van der Waals surface area contributed by atoms with Crippen LogP contribution in [0.4, 0.5) is 0 Å². The third-order valence-electron chi connectivity index (χ3n) is 4.96. The highest BCUT2D eigenvalue weighted by atomic mass is 32.2. The molecule has 1 atom stereocenters. The maximum Gasteiger partial charge on any atom is 0.326 e. The predicted molar refractivity (Wildman–Crippen MR) is 102 cm³/mol. The van der Waals surface area contributed by atoms with E-state index in [-0.39, 0.29) is 24.9 Å². The third kappa shape index (κ3) is 5.07. The number of sulfonamides is 1. The van der Waals surface area contributed by atoms with Gasteiger partial charge in [0.15, 0.2) is 0 Å². The minimum atomic E-state index is -3.60. The fraction of sp³-hybridized carbons (Fsp3) is 0.579. The van der Waals surface area contributed by atoms with Gasteiger partial charge in [-0.1, -0.05) is 31.0 Å². The normalized spacial score (nSPS) is 17.4. The predicted octanol–water partition coefficient (Wildman–Crippen LogP) is 2.07. The molecule has 7 nitrogen and oxygen atoms in total. The van der Waals surface area contributed by atoms with Gasteiger partial charge >= 0.3 is 5.97 Å². The van der Waals surface area contributed by atoms with Crippen LogP contribution < -0.4 is 5.32 Å². The number of hydrogen-bond acceptors (Lipinski definition) is 4. The van der Waals surface area contributed by atoms with E-state index in [4.69, 9.17) is 5.11 Å². The lowest BCUT2D eigenvalue weighted by Gasteiger charge is -2.31. The van der Waals surface area contributed by atoms with Crippen molar-refractivity contribution in [1.29, 1.82) is 0 Å². The van der Waals surface area contributed by atoms with Gasteiger partial charge in [0.05, 0.1) is 4.90 Å². The third-order valence-corrected chi connectivity index (χ3v) is 7.02. The van der Waals surface area contributed by atoms with Crippen LogP contribution in [0.1, 0.15) is 43.7 Å². The number of amides is 1. The molecule has 1 aromatic rings. The van der Waals surface area contributed by atoms with Crippen LogP contribution in [0, 0.1) is 19.8 Å². The lowest BCUT2D eigenvalue weighted by molar-refractivity contribution is -0.142. The Bertz CT molecular complexity index is 798. The lowest BCUT2D eigenvalue weighted by atomic mass is 9.96. The monoisotopic (exact) mass is 396 g/mol. The van der Waals surface area contributed by atoms with Crippen LogP contribution in [0.2, 0.25) is 0 Å². The number of rotatable bonds is 7. The highest BCUT2D eigenvalue weighted by Gasteiger charge is 2.33. The fourth-order valence-electron chi connectivity index (χ4n) is 3.42. The fourth-order valence-corrected chi connectivity index (χ4v) is 5.10. The number of carboxylic acids is 1. The van der Waals surface area contributed by atoms with Crippen molar-refractivity contribution in [3.8, 4) is 0 Å². The van der Waals surface area contributed by atoms with E-state index >= 15 is 0 Å². The molecule has 0 bridgehead atoms. The van der Waals surface area contributed by atoms with Gasteiger partial charge in [0.2, 0.25) is 15.9 Å². The lowest BCUT2D eigenvalue weighted by Crippen LogP contribution is -2.47. The quantitative estimate of drug-likeness (QED) is 0.734.